The van der Waals surface area contributed by atoms with Crippen LogP contribution in [0.25, 0.3) is 0 Å². The van der Waals surface area contributed by atoms with Crippen molar-refractivity contribution in [2.45, 2.75) is 6.54 Å². The summed E-state index contributed by atoms with van der Waals surface area (Å²) in [5.74, 6) is 2.03. The molecule has 0 saturated heterocycles. The zero-order valence-electron chi connectivity index (χ0n) is 14.9. The first-order chi connectivity index (χ1) is 13.1. The molecule has 8 heteroatoms. The van der Waals surface area contributed by atoms with Gasteiger partial charge in [-0.1, -0.05) is 28.1 Å². The Morgan fingerprint density at radius 2 is 1.85 bits per heavy atom. The van der Waals surface area contributed by atoms with Gasteiger partial charge < -0.3 is 20.1 Å². The number of hydrogen-bond acceptors (Lipinski definition) is 4. The van der Waals surface area contributed by atoms with E-state index in [1.807, 2.05) is 47.3 Å². The monoisotopic (exact) mass is 446 g/mol. The van der Waals surface area contributed by atoms with E-state index >= 15 is 0 Å². The van der Waals surface area contributed by atoms with Gasteiger partial charge in [-0.15, -0.1) is 0 Å². The van der Waals surface area contributed by atoms with Crippen LogP contribution < -0.4 is 20.1 Å². The van der Waals surface area contributed by atoms with Crippen LogP contribution >= 0.6 is 28.1 Å². The van der Waals surface area contributed by atoms with Gasteiger partial charge in [0.1, 0.15) is 11.5 Å². The van der Waals surface area contributed by atoms with Crippen molar-refractivity contribution in [3.05, 3.63) is 64.8 Å². The lowest BCUT2D eigenvalue weighted by Gasteiger charge is -2.13. The standard InChI is InChI=1S/C19H19BrN4O2S/c1-25-15-7-8-17(26-2)16(11-15)21-19(27)22-18-9-10-24(23-18)12-13-3-5-14(20)6-4-13/h3-11H,12H2,1-2H3,(H2,21,22,23,27). The van der Waals surface area contributed by atoms with Gasteiger partial charge >= 0.3 is 0 Å². The Hall–Kier alpha value is -2.58. The molecule has 0 spiro atoms. The topological polar surface area (TPSA) is 60.3 Å². The van der Waals surface area contributed by atoms with E-state index in [2.05, 4.69) is 43.8 Å². The zero-order valence-corrected chi connectivity index (χ0v) is 17.3. The minimum Gasteiger partial charge on any atom is -0.497 e. The van der Waals surface area contributed by atoms with Gasteiger partial charge in [0.2, 0.25) is 0 Å². The van der Waals surface area contributed by atoms with Crippen LogP contribution in [0.1, 0.15) is 5.56 Å². The van der Waals surface area contributed by atoms with Crippen LogP contribution in [-0.2, 0) is 6.54 Å². The molecule has 3 aromatic rings. The largest absolute Gasteiger partial charge is 0.497 e. The first kappa shape index (κ1) is 19.2. The number of rotatable bonds is 6. The molecule has 0 saturated carbocycles. The molecule has 0 unspecified atom stereocenters. The van der Waals surface area contributed by atoms with Gasteiger partial charge in [0, 0.05) is 22.8 Å². The molecule has 0 radical (unpaired) electrons. The maximum absolute atomic E-state index is 5.39. The van der Waals surface area contributed by atoms with Gasteiger partial charge in [-0.3, -0.25) is 4.68 Å². The Bertz CT molecular complexity index is 928. The van der Waals surface area contributed by atoms with Crippen molar-refractivity contribution in [1.29, 1.82) is 0 Å². The van der Waals surface area contributed by atoms with E-state index in [0.717, 1.165) is 10.0 Å². The number of ether oxygens (including phenoxy) is 2. The predicted molar refractivity (Wildman–Crippen MR) is 115 cm³/mol. The SMILES string of the molecule is COc1ccc(OC)c(NC(=S)Nc2ccn(Cc3ccc(Br)cc3)n2)c1. The maximum atomic E-state index is 5.39. The number of methoxy groups -OCH3 is 2. The van der Waals surface area contributed by atoms with Crippen LogP contribution in [0, 0.1) is 0 Å². The van der Waals surface area contributed by atoms with Crippen LogP contribution in [0.15, 0.2) is 59.2 Å². The molecule has 0 aliphatic rings. The number of nitrogens with one attached hydrogen (secondary N) is 2. The van der Waals surface area contributed by atoms with Gasteiger partial charge in [0.25, 0.3) is 0 Å². The fraction of sp³-hybridized carbons (Fsp3) is 0.158. The van der Waals surface area contributed by atoms with Crippen molar-refractivity contribution in [2.75, 3.05) is 24.9 Å². The molecule has 0 atom stereocenters. The van der Waals surface area contributed by atoms with Crippen LogP contribution in [0.3, 0.4) is 0 Å². The van der Waals surface area contributed by atoms with Gasteiger partial charge in [-0.2, -0.15) is 5.10 Å². The van der Waals surface area contributed by atoms with E-state index in [1.165, 1.54) is 0 Å². The van der Waals surface area contributed by atoms with Crippen LogP contribution in [0.4, 0.5) is 11.5 Å². The number of thiocarbonyl (C=S) groups is 1. The summed E-state index contributed by atoms with van der Waals surface area (Å²) in [5.41, 5.74) is 1.87. The van der Waals surface area contributed by atoms with Crippen molar-refractivity contribution < 1.29 is 9.47 Å². The molecule has 2 aromatic carbocycles. The van der Waals surface area contributed by atoms with Crippen molar-refractivity contribution in [1.82, 2.24) is 9.78 Å². The van der Waals surface area contributed by atoms with Crippen molar-refractivity contribution in [3.8, 4) is 11.5 Å². The maximum Gasteiger partial charge on any atom is 0.176 e. The van der Waals surface area contributed by atoms with E-state index in [-0.39, 0.29) is 0 Å². The average Bonchev–Trinajstić information content (AvgIpc) is 3.10. The highest BCUT2D eigenvalue weighted by molar-refractivity contribution is 9.10. The van der Waals surface area contributed by atoms with Gasteiger partial charge in [0.05, 0.1) is 26.5 Å². The summed E-state index contributed by atoms with van der Waals surface area (Å²) < 4.78 is 13.5. The summed E-state index contributed by atoms with van der Waals surface area (Å²) in [6, 6.07) is 15.5. The summed E-state index contributed by atoms with van der Waals surface area (Å²) in [4.78, 5) is 0. The molecule has 0 fully saturated rings. The van der Waals surface area contributed by atoms with E-state index in [0.29, 0.717) is 34.7 Å². The molecule has 1 aromatic heterocycles. The molecule has 0 aliphatic carbocycles. The molecule has 27 heavy (non-hydrogen) atoms. The van der Waals surface area contributed by atoms with Crippen LogP contribution in [0.5, 0.6) is 11.5 Å². The molecule has 0 aliphatic heterocycles. The van der Waals surface area contributed by atoms with Crippen LogP contribution in [0.2, 0.25) is 0 Å². The van der Waals surface area contributed by atoms with Gasteiger partial charge in [0.15, 0.2) is 10.9 Å². The molecule has 0 amide bonds. The Kier molecular flexibility index (Phi) is 6.31. The molecule has 3 rings (SSSR count). The number of hydrogen-bond donors (Lipinski definition) is 2. The lowest BCUT2D eigenvalue weighted by Crippen LogP contribution is -2.20. The molecular weight excluding hydrogens is 428 g/mol. The quantitative estimate of drug-likeness (QED) is 0.542. The number of halogens is 1. The first-order valence-electron chi connectivity index (χ1n) is 8.15. The minimum atomic E-state index is 0.412. The lowest BCUT2D eigenvalue weighted by molar-refractivity contribution is 0.405. The summed E-state index contributed by atoms with van der Waals surface area (Å²) in [7, 11) is 3.22. The third-order valence-electron chi connectivity index (χ3n) is 3.79. The van der Waals surface area contributed by atoms with E-state index in [9.17, 15) is 0 Å². The van der Waals surface area contributed by atoms with Crippen molar-refractivity contribution in [2.24, 2.45) is 0 Å². The van der Waals surface area contributed by atoms with E-state index < -0.39 is 0 Å². The Morgan fingerprint density at radius 3 is 2.56 bits per heavy atom. The fourth-order valence-corrected chi connectivity index (χ4v) is 2.95. The van der Waals surface area contributed by atoms with Gasteiger partial charge in [-0.05, 0) is 42.0 Å². The second-order valence-electron chi connectivity index (χ2n) is 5.67. The summed E-state index contributed by atoms with van der Waals surface area (Å²) >= 11 is 8.82. The molecule has 140 valence electrons. The highest BCUT2D eigenvalue weighted by atomic mass is 79.9. The number of benzene rings is 2. The van der Waals surface area contributed by atoms with Gasteiger partial charge in [-0.25, -0.2) is 0 Å². The number of aromatic nitrogens is 2. The first-order valence-corrected chi connectivity index (χ1v) is 9.35. The van der Waals surface area contributed by atoms with Crippen LogP contribution in [-0.4, -0.2) is 29.1 Å². The number of anilines is 2. The molecule has 2 N–H and O–H groups in total. The Morgan fingerprint density at radius 1 is 1.07 bits per heavy atom. The van der Waals surface area contributed by atoms with Crippen molar-refractivity contribution >= 4 is 44.8 Å². The average molecular weight is 447 g/mol. The predicted octanol–water partition coefficient (Wildman–Crippen LogP) is 4.52. The smallest absolute Gasteiger partial charge is 0.176 e. The Balaban J connectivity index is 1.63. The number of nitrogens with zero attached hydrogens (tertiary/aromatic N) is 2. The summed E-state index contributed by atoms with van der Waals surface area (Å²) in [6.07, 6.45) is 1.90. The molecular formula is C19H19BrN4O2S. The molecule has 0 bridgehead atoms. The lowest BCUT2D eigenvalue weighted by atomic mass is 10.2. The Labute approximate surface area is 171 Å². The normalized spacial score (nSPS) is 10.3. The molecule has 6 nitrogen and oxygen atoms in total. The third kappa shape index (κ3) is 5.21. The molecule has 1 heterocycles. The summed E-state index contributed by atoms with van der Waals surface area (Å²) in [5, 5.41) is 11.1. The second kappa shape index (κ2) is 8.88. The minimum absolute atomic E-state index is 0.412. The van der Waals surface area contributed by atoms with E-state index in [1.54, 1.807) is 14.2 Å². The second-order valence-corrected chi connectivity index (χ2v) is 6.99. The fourth-order valence-electron chi connectivity index (χ4n) is 2.47. The third-order valence-corrected chi connectivity index (χ3v) is 4.53. The summed E-state index contributed by atoms with van der Waals surface area (Å²) in [6.45, 7) is 0.679. The van der Waals surface area contributed by atoms with E-state index in [4.69, 9.17) is 21.7 Å². The highest BCUT2D eigenvalue weighted by Gasteiger charge is 2.08. The zero-order chi connectivity index (χ0) is 19.2. The van der Waals surface area contributed by atoms with Crippen molar-refractivity contribution in [3.63, 3.8) is 0 Å². The highest BCUT2D eigenvalue weighted by Crippen LogP contribution is 2.29.